The maximum Gasteiger partial charge on any atom is 0.274 e. The second kappa shape index (κ2) is 9.20. The lowest BCUT2D eigenvalue weighted by atomic mass is 10.3. The van der Waals surface area contributed by atoms with E-state index in [9.17, 15) is 14.9 Å². The largest absolute Gasteiger partial charge is 0.494 e. The molecular weight excluding hydrogens is 396 g/mol. The first-order chi connectivity index (χ1) is 13.9. The van der Waals surface area contributed by atoms with Gasteiger partial charge in [-0.1, -0.05) is 17.7 Å². The number of ether oxygens (including phenoxy) is 1. The number of nitrogens with zero attached hydrogens (tertiary/aromatic N) is 4. The topological polar surface area (TPSA) is 90.5 Å². The lowest BCUT2D eigenvalue weighted by Crippen LogP contribution is -2.29. The number of hydrogen-bond donors (Lipinski definition) is 0. The van der Waals surface area contributed by atoms with Crippen molar-refractivity contribution < 1.29 is 14.5 Å². The highest BCUT2D eigenvalue weighted by Gasteiger charge is 2.16. The molecule has 150 valence electrons. The zero-order valence-corrected chi connectivity index (χ0v) is 16.5. The van der Waals surface area contributed by atoms with Gasteiger partial charge >= 0.3 is 0 Å². The molecule has 8 nitrogen and oxygen atoms in total. The monoisotopic (exact) mass is 414 g/mol. The van der Waals surface area contributed by atoms with Crippen molar-refractivity contribution in [3.8, 4) is 11.4 Å². The summed E-state index contributed by atoms with van der Waals surface area (Å²) < 4.78 is 7.06. The van der Waals surface area contributed by atoms with Gasteiger partial charge in [-0.15, -0.1) is 0 Å². The number of nitro benzene ring substituents is 1. The Labute approximate surface area is 172 Å². The van der Waals surface area contributed by atoms with E-state index in [1.165, 1.54) is 16.8 Å². The van der Waals surface area contributed by atoms with E-state index >= 15 is 0 Å². The van der Waals surface area contributed by atoms with Crippen LogP contribution in [0, 0.1) is 10.1 Å². The minimum absolute atomic E-state index is 0.0383. The average molecular weight is 415 g/mol. The van der Waals surface area contributed by atoms with Gasteiger partial charge in [0.05, 0.1) is 17.2 Å². The van der Waals surface area contributed by atoms with Gasteiger partial charge in [-0.3, -0.25) is 14.9 Å². The minimum Gasteiger partial charge on any atom is -0.494 e. The fourth-order valence-corrected chi connectivity index (χ4v) is 2.78. The molecule has 0 unspecified atom stereocenters. The number of halogens is 1. The third kappa shape index (κ3) is 5.32. The summed E-state index contributed by atoms with van der Waals surface area (Å²) in [6, 6.07) is 14.7. The summed E-state index contributed by atoms with van der Waals surface area (Å²) in [6.07, 6.45) is 2.25. The standard InChI is InChI=1S/C20H19ClN4O4/c1-23(11-3-13-29-18-8-6-15(21)7-9-18)20(26)19-10-12-24(22-19)16-4-2-5-17(14-16)25(27)28/h2,4-10,12,14H,3,11,13H2,1H3. The van der Waals surface area contributed by atoms with E-state index in [1.807, 2.05) is 0 Å². The molecule has 3 rings (SSSR count). The summed E-state index contributed by atoms with van der Waals surface area (Å²) in [5, 5.41) is 15.8. The van der Waals surface area contributed by atoms with Crippen molar-refractivity contribution in [3.63, 3.8) is 0 Å². The summed E-state index contributed by atoms with van der Waals surface area (Å²) >= 11 is 5.83. The molecule has 2 aromatic carbocycles. The van der Waals surface area contributed by atoms with Gasteiger partial charge in [0.15, 0.2) is 5.69 Å². The Hall–Kier alpha value is -3.39. The number of amides is 1. The van der Waals surface area contributed by atoms with Crippen molar-refractivity contribution in [2.45, 2.75) is 6.42 Å². The van der Waals surface area contributed by atoms with Gasteiger partial charge in [0.2, 0.25) is 0 Å². The predicted molar refractivity (Wildman–Crippen MR) is 109 cm³/mol. The number of rotatable bonds is 8. The summed E-state index contributed by atoms with van der Waals surface area (Å²) in [5.41, 5.74) is 0.735. The van der Waals surface area contributed by atoms with Crippen LogP contribution in [0.5, 0.6) is 5.75 Å². The van der Waals surface area contributed by atoms with E-state index < -0.39 is 4.92 Å². The molecule has 1 aromatic heterocycles. The molecule has 0 aliphatic rings. The molecule has 1 heterocycles. The molecule has 0 aliphatic carbocycles. The van der Waals surface area contributed by atoms with E-state index in [0.717, 1.165) is 5.75 Å². The highest BCUT2D eigenvalue weighted by molar-refractivity contribution is 6.30. The molecule has 29 heavy (non-hydrogen) atoms. The Morgan fingerprint density at radius 3 is 2.72 bits per heavy atom. The smallest absolute Gasteiger partial charge is 0.274 e. The van der Waals surface area contributed by atoms with E-state index in [2.05, 4.69) is 5.10 Å². The highest BCUT2D eigenvalue weighted by atomic mass is 35.5. The van der Waals surface area contributed by atoms with Crippen LogP contribution >= 0.6 is 11.6 Å². The molecule has 0 atom stereocenters. The first kappa shape index (κ1) is 20.3. The van der Waals surface area contributed by atoms with Crippen molar-refractivity contribution in [1.82, 2.24) is 14.7 Å². The maximum atomic E-state index is 12.6. The second-order valence-electron chi connectivity index (χ2n) is 6.31. The Balaban J connectivity index is 1.54. The fourth-order valence-electron chi connectivity index (χ4n) is 2.65. The highest BCUT2D eigenvalue weighted by Crippen LogP contribution is 2.17. The lowest BCUT2D eigenvalue weighted by molar-refractivity contribution is -0.384. The number of nitro groups is 1. The van der Waals surface area contributed by atoms with Gasteiger partial charge in [-0.25, -0.2) is 4.68 Å². The maximum absolute atomic E-state index is 12.6. The molecule has 0 bridgehead atoms. The molecular formula is C20H19ClN4O4. The molecule has 0 spiro atoms. The van der Waals surface area contributed by atoms with E-state index in [-0.39, 0.29) is 17.3 Å². The quantitative estimate of drug-likeness (QED) is 0.316. The van der Waals surface area contributed by atoms with E-state index in [1.54, 1.807) is 60.6 Å². The van der Waals surface area contributed by atoms with Crippen LogP contribution in [0.4, 0.5) is 5.69 Å². The van der Waals surface area contributed by atoms with Crippen molar-refractivity contribution in [2.24, 2.45) is 0 Å². The molecule has 3 aromatic rings. The van der Waals surface area contributed by atoms with Gasteiger partial charge in [0.25, 0.3) is 11.6 Å². The number of aromatic nitrogens is 2. The van der Waals surface area contributed by atoms with Gasteiger partial charge in [-0.2, -0.15) is 5.10 Å². The zero-order chi connectivity index (χ0) is 20.8. The Morgan fingerprint density at radius 1 is 1.24 bits per heavy atom. The number of benzene rings is 2. The molecule has 0 saturated carbocycles. The second-order valence-corrected chi connectivity index (χ2v) is 6.74. The summed E-state index contributed by atoms with van der Waals surface area (Å²) in [7, 11) is 1.69. The van der Waals surface area contributed by atoms with Crippen LogP contribution in [0.1, 0.15) is 16.9 Å². The summed E-state index contributed by atoms with van der Waals surface area (Å²) in [4.78, 5) is 24.6. The summed E-state index contributed by atoms with van der Waals surface area (Å²) in [6.45, 7) is 0.956. The van der Waals surface area contributed by atoms with Crippen LogP contribution in [0.25, 0.3) is 5.69 Å². The Bertz CT molecular complexity index is 1000. The fraction of sp³-hybridized carbons (Fsp3) is 0.200. The van der Waals surface area contributed by atoms with Crippen molar-refractivity contribution >= 4 is 23.2 Å². The Kier molecular flexibility index (Phi) is 6.46. The van der Waals surface area contributed by atoms with E-state index in [4.69, 9.17) is 16.3 Å². The van der Waals surface area contributed by atoms with Crippen molar-refractivity contribution in [1.29, 1.82) is 0 Å². The lowest BCUT2D eigenvalue weighted by Gasteiger charge is -2.16. The van der Waals surface area contributed by atoms with Crippen LogP contribution in [-0.2, 0) is 0 Å². The first-order valence-electron chi connectivity index (χ1n) is 8.88. The van der Waals surface area contributed by atoms with E-state index in [0.29, 0.717) is 30.3 Å². The average Bonchev–Trinajstić information content (AvgIpc) is 3.22. The van der Waals surface area contributed by atoms with Gasteiger partial charge in [-0.05, 0) is 42.8 Å². The number of non-ortho nitro benzene ring substituents is 1. The molecule has 0 fully saturated rings. The van der Waals surface area contributed by atoms with Crippen molar-refractivity contribution in [2.75, 3.05) is 20.2 Å². The SMILES string of the molecule is CN(CCCOc1ccc(Cl)cc1)C(=O)c1ccn(-c2cccc([N+](=O)[O-])c2)n1. The number of carbonyl (C=O) groups is 1. The van der Waals surface area contributed by atoms with Crippen LogP contribution in [0.3, 0.4) is 0 Å². The summed E-state index contributed by atoms with van der Waals surface area (Å²) in [5.74, 6) is 0.486. The van der Waals surface area contributed by atoms with Crippen LogP contribution in [0.15, 0.2) is 60.8 Å². The van der Waals surface area contributed by atoms with Gasteiger partial charge < -0.3 is 9.64 Å². The zero-order valence-electron chi connectivity index (χ0n) is 15.7. The number of hydrogen-bond acceptors (Lipinski definition) is 5. The van der Waals surface area contributed by atoms with Crippen molar-refractivity contribution in [3.05, 3.63) is 81.6 Å². The molecule has 9 heteroatoms. The van der Waals surface area contributed by atoms with Crippen LogP contribution in [0.2, 0.25) is 5.02 Å². The normalized spacial score (nSPS) is 10.6. The Morgan fingerprint density at radius 2 is 2.00 bits per heavy atom. The third-order valence-electron chi connectivity index (χ3n) is 4.18. The molecule has 0 N–H and O–H groups in total. The van der Waals surface area contributed by atoms with Gasteiger partial charge in [0, 0.05) is 36.9 Å². The number of carbonyl (C=O) groups excluding carboxylic acids is 1. The minimum atomic E-state index is -0.473. The van der Waals surface area contributed by atoms with Gasteiger partial charge in [0.1, 0.15) is 5.75 Å². The molecule has 1 amide bonds. The van der Waals surface area contributed by atoms with Crippen LogP contribution < -0.4 is 4.74 Å². The van der Waals surface area contributed by atoms with Crippen LogP contribution in [-0.4, -0.2) is 45.7 Å². The predicted octanol–water partition coefficient (Wildman–Crippen LogP) is 3.98. The molecule has 0 radical (unpaired) electrons. The first-order valence-corrected chi connectivity index (χ1v) is 9.26. The molecule has 0 saturated heterocycles. The third-order valence-corrected chi connectivity index (χ3v) is 4.43. The molecule has 0 aliphatic heterocycles.